The molecule has 2 aromatic carbocycles. The number of hydrogen-bond donors (Lipinski definition) is 0. The molecule has 1 atom stereocenters. The van der Waals surface area contributed by atoms with E-state index in [9.17, 15) is 9.59 Å². The quantitative estimate of drug-likeness (QED) is 0.528. The van der Waals surface area contributed by atoms with Crippen molar-refractivity contribution in [3.63, 3.8) is 0 Å². The first-order chi connectivity index (χ1) is 15.1. The van der Waals surface area contributed by atoms with Crippen molar-refractivity contribution in [1.82, 2.24) is 14.5 Å². The van der Waals surface area contributed by atoms with Crippen LogP contribution in [-0.4, -0.2) is 40.6 Å². The number of halogens is 1. The molecule has 3 aromatic rings. The molecule has 1 unspecified atom stereocenters. The normalized spacial score (nSPS) is 12.7. The molecule has 1 aromatic heterocycles. The van der Waals surface area contributed by atoms with Crippen LogP contribution in [-0.2, 0) is 9.53 Å². The van der Waals surface area contributed by atoms with Crippen molar-refractivity contribution in [2.75, 3.05) is 20.3 Å². The number of ether oxygens (including phenoxy) is 1. The van der Waals surface area contributed by atoms with Crippen LogP contribution < -0.4 is 5.56 Å². The van der Waals surface area contributed by atoms with Gasteiger partial charge in [-0.1, -0.05) is 44.5 Å². The van der Waals surface area contributed by atoms with Gasteiger partial charge < -0.3 is 9.64 Å². The lowest BCUT2D eigenvalue weighted by Gasteiger charge is -2.35. The van der Waals surface area contributed by atoms with Crippen molar-refractivity contribution in [1.29, 1.82) is 0 Å². The van der Waals surface area contributed by atoms with Crippen LogP contribution in [0.5, 0.6) is 0 Å². The largest absolute Gasteiger partial charge is 0.383 e. The molecule has 0 saturated heterocycles. The molecule has 0 fully saturated rings. The first-order valence-electron chi connectivity index (χ1n) is 10.6. The number of fused-ring (bicyclic) bond motifs is 1. The third-order valence-corrected chi connectivity index (χ3v) is 5.72. The molecule has 170 valence electrons. The fraction of sp³-hybridized carbons (Fsp3) is 0.400. The molecule has 7 heteroatoms. The number of amides is 1. The minimum Gasteiger partial charge on any atom is -0.383 e. The lowest BCUT2D eigenvalue weighted by Crippen LogP contribution is -2.44. The number of carbonyl (C=O) groups excluding carboxylic acids is 1. The number of benzene rings is 2. The second-order valence-electron chi connectivity index (χ2n) is 8.98. The van der Waals surface area contributed by atoms with Gasteiger partial charge in [0, 0.05) is 24.1 Å². The minimum atomic E-state index is -0.597. The number of para-hydroxylation sites is 1. The lowest BCUT2D eigenvalue weighted by atomic mass is 9.94. The van der Waals surface area contributed by atoms with E-state index in [2.05, 4.69) is 0 Å². The van der Waals surface area contributed by atoms with Gasteiger partial charge in [-0.15, -0.1) is 0 Å². The predicted octanol–water partition coefficient (Wildman–Crippen LogP) is 4.93. The Morgan fingerprint density at radius 3 is 2.53 bits per heavy atom. The van der Waals surface area contributed by atoms with E-state index in [1.54, 1.807) is 28.7 Å². The summed E-state index contributed by atoms with van der Waals surface area (Å²) in [4.78, 5) is 33.6. The van der Waals surface area contributed by atoms with Crippen molar-refractivity contribution in [2.24, 2.45) is 5.41 Å². The molecule has 0 saturated carbocycles. The Balaban J connectivity index is 2.30. The van der Waals surface area contributed by atoms with E-state index in [-0.39, 0.29) is 11.5 Å². The summed E-state index contributed by atoms with van der Waals surface area (Å²) in [7, 11) is 1.60. The van der Waals surface area contributed by atoms with Gasteiger partial charge in [0.25, 0.3) is 5.56 Å². The predicted molar refractivity (Wildman–Crippen MR) is 129 cm³/mol. The number of hydrogen-bond acceptors (Lipinski definition) is 4. The van der Waals surface area contributed by atoms with E-state index >= 15 is 0 Å². The molecule has 1 amide bonds. The highest BCUT2D eigenvalue weighted by Crippen LogP contribution is 2.28. The van der Waals surface area contributed by atoms with E-state index in [4.69, 9.17) is 21.3 Å². The van der Waals surface area contributed by atoms with Gasteiger partial charge in [0.05, 0.1) is 29.2 Å². The SMILES string of the molecule is COCCN(C(=O)C(C)(C)C)C(C)c1nc2ccccc2c(=O)n1-c1ccc(Cl)cc1C. The smallest absolute Gasteiger partial charge is 0.266 e. The molecular formula is C25H30ClN3O3. The first-order valence-corrected chi connectivity index (χ1v) is 11.0. The zero-order valence-electron chi connectivity index (χ0n) is 19.5. The van der Waals surface area contributed by atoms with Crippen LogP contribution in [0.3, 0.4) is 0 Å². The topological polar surface area (TPSA) is 64.4 Å². The van der Waals surface area contributed by atoms with E-state index < -0.39 is 11.5 Å². The fourth-order valence-corrected chi connectivity index (χ4v) is 3.99. The standard InChI is InChI=1S/C25H30ClN3O3/c1-16-15-18(26)11-12-21(16)29-22(27-20-10-8-7-9-19(20)23(29)30)17(2)28(13-14-32-6)24(31)25(3,4)5/h7-12,15,17H,13-14H2,1-6H3. The van der Waals surface area contributed by atoms with Gasteiger partial charge in [-0.3, -0.25) is 14.2 Å². The van der Waals surface area contributed by atoms with Crippen LogP contribution >= 0.6 is 11.6 Å². The number of methoxy groups -OCH3 is 1. The monoisotopic (exact) mass is 455 g/mol. The van der Waals surface area contributed by atoms with Gasteiger partial charge in [-0.25, -0.2) is 4.98 Å². The summed E-state index contributed by atoms with van der Waals surface area (Å²) >= 11 is 6.17. The highest BCUT2D eigenvalue weighted by molar-refractivity contribution is 6.30. The van der Waals surface area contributed by atoms with Crippen molar-refractivity contribution in [2.45, 2.75) is 40.7 Å². The third kappa shape index (κ3) is 4.71. The van der Waals surface area contributed by atoms with Gasteiger partial charge in [0.2, 0.25) is 5.91 Å². The summed E-state index contributed by atoms with van der Waals surface area (Å²) in [5, 5.41) is 1.11. The summed E-state index contributed by atoms with van der Waals surface area (Å²) in [5.41, 5.74) is 1.35. The summed E-state index contributed by atoms with van der Waals surface area (Å²) in [6.45, 7) is 10.2. The van der Waals surface area contributed by atoms with Crippen LogP contribution in [0.1, 0.15) is 45.1 Å². The maximum Gasteiger partial charge on any atom is 0.266 e. The van der Waals surface area contributed by atoms with Gasteiger partial charge in [0.1, 0.15) is 5.82 Å². The number of carbonyl (C=O) groups is 1. The molecule has 0 radical (unpaired) electrons. The zero-order valence-corrected chi connectivity index (χ0v) is 20.2. The fourth-order valence-electron chi connectivity index (χ4n) is 3.76. The summed E-state index contributed by atoms with van der Waals surface area (Å²) in [6, 6.07) is 12.2. The van der Waals surface area contributed by atoms with Crippen molar-refractivity contribution < 1.29 is 9.53 Å². The lowest BCUT2D eigenvalue weighted by molar-refractivity contribution is -0.142. The highest BCUT2D eigenvalue weighted by Gasteiger charge is 2.33. The molecule has 0 aliphatic heterocycles. The Morgan fingerprint density at radius 1 is 1.22 bits per heavy atom. The molecule has 3 rings (SSSR count). The van der Waals surface area contributed by atoms with Crippen LogP contribution in [0.2, 0.25) is 5.02 Å². The van der Waals surface area contributed by atoms with Crippen molar-refractivity contribution >= 4 is 28.4 Å². The Labute approximate surface area is 193 Å². The van der Waals surface area contributed by atoms with Crippen LogP contribution in [0, 0.1) is 12.3 Å². The first kappa shape index (κ1) is 24.0. The van der Waals surface area contributed by atoms with Gasteiger partial charge >= 0.3 is 0 Å². The molecule has 0 bridgehead atoms. The third-order valence-electron chi connectivity index (χ3n) is 5.48. The second-order valence-corrected chi connectivity index (χ2v) is 9.41. The molecule has 0 aliphatic rings. The van der Waals surface area contributed by atoms with Gasteiger partial charge in [-0.05, 0) is 49.7 Å². The van der Waals surface area contributed by atoms with E-state index in [1.165, 1.54) is 0 Å². The Hall–Kier alpha value is -2.70. The van der Waals surface area contributed by atoms with Crippen molar-refractivity contribution in [3.8, 4) is 5.69 Å². The molecule has 0 spiro atoms. The minimum absolute atomic E-state index is 0.0381. The van der Waals surface area contributed by atoms with Crippen LogP contribution in [0.15, 0.2) is 47.3 Å². The molecule has 32 heavy (non-hydrogen) atoms. The number of nitrogens with zero attached hydrogens (tertiary/aromatic N) is 3. The second kappa shape index (κ2) is 9.43. The van der Waals surface area contributed by atoms with Gasteiger partial charge in [-0.2, -0.15) is 0 Å². The Kier molecular flexibility index (Phi) is 7.06. The van der Waals surface area contributed by atoms with Gasteiger partial charge in [0.15, 0.2) is 0 Å². The number of rotatable bonds is 6. The average Bonchev–Trinajstić information content (AvgIpc) is 2.73. The van der Waals surface area contributed by atoms with E-state index in [1.807, 2.05) is 65.0 Å². The zero-order chi connectivity index (χ0) is 23.6. The molecule has 0 N–H and O–H groups in total. The molecule has 0 aliphatic carbocycles. The molecule has 1 heterocycles. The number of aromatic nitrogens is 2. The van der Waals surface area contributed by atoms with Crippen LogP contribution in [0.4, 0.5) is 0 Å². The van der Waals surface area contributed by atoms with E-state index in [0.29, 0.717) is 40.6 Å². The maximum atomic E-state index is 13.7. The Bertz CT molecular complexity index is 1200. The van der Waals surface area contributed by atoms with E-state index in [0.717, 1.165) is 5.56 Å². The van der Waals surface area contributed by atoms with Crippen molar-refractivity contribution in [3.05, 3.63) is 69.2 Å². The summed E-state index contributed by atoms with van der Waals surface area (Å²) < 4.78 is 6.87. The maximum absolute atomic E-state index is 13.7. The Morgan fingerprint density at radius 2 is 1.91 bits per heavy atom. The molecular weight excluding hydrogens is 426 g/mol. The molecule has 6 nitrogen and oxygen atoms in total. The summed E-state index contributed by atoms with van der Waals surface area (Å²) in [5.74, 6) is 0.455. The number of aryl methyl sites for hydroxylation is 1. The highest BCUT2D eigenvalue weighted by atomic mass is 35.5. The summed E-state index contributed by atoms with van der Waals surface area (Å²) in [6.07, 6.45) is 0. The average molecular weight is 456 g/mol. The van der Waals surface area contributed by atoms with Crippen LogP contribution in [0.25, 0.3) is 16.6 Å².